The molecule has 0 saturated heterocycles. The smallest absolute Gasteiger partial charge is 0.142 e. The van der Waals surface area contributed by atoms with Crippen molar-refractivity contribution in [3.8, 4) is 5.75 Å². The van der Waals surface area contributed by atoms with Crippen molar-refractivity contribution in [2.24, 2.45) is 0 Å². The third-order valence-electron chi connectivity index (χ3n) is 2.92. The molecule has 1 aliphatic heterocycles. The maximum atomic E-state index is 5.69. The summed E-state index contributed by atoms with van der Waals surface area (Å²) in [6, 6.07) is 6.53. The summed E-state index contributed by atoms with van der Waals surface area (Å²) in [6.45, 7) is 8.43. The summed E-state index contributed by atoms with van der Waals surface area (Å²) >= 11 is 0. The van der Waals surface area contributed by atoms with E-state index in [9.17, 15) is 0 Å². The molecule has 0 spiro atoms. The first-order valence-corrected chi connectivity index (χ1v) is 5.47. The molecule has 82 valence electrons. The van der Waals surface area contributed by atoms with Crippen LogP contribution in [0, 0.1) is 0 Å². The van der Waals surface area contributed by atoms with Gasteiger partial charge in [0.15, 0.2) is 0 Å². The largest absolute Gasteiger partial charge is 0.490 e. The average molecular weight is 205 g/mol. The molecule has 0 N–H and O–H groups in total. The van der Waals surface area contributed by atoms with Gasteiger partial charge in [-0.1, -0.05) is 26.8 Å². The third kappa shape index (κ3) is 1.94. The molecule has 1 aliphatic rings. The predicted molar refractivity (Wildman–Crippen MR) is 63.9 cm³/mol. The summed E-state index contributed by atoms with van der Waals surface area (Å²) in [7, 11) is 2.11. The Kier molecular flexibility index (Phi) is 2.37. The Morgan fingerprint density at radius 3 is 2.67 bits per heavy atom. The number of anilines is 1. The molecule has 2 rings (SSSR count). The van der Waals surface area contributed by atoms with Crippen LogP contribution in [0.15, 0.2) is 18.2 Å². The zero-order valence-corrected chi connectivity index (χ0v) is 10.0. The van der Waals surface area contributed by atoms with Gasteiger partial charge in [-0.05, 0) is 23.1 Å². The monoisotopic (exact) mass is 205 g/mol. The Morgan fingerprint density at radius 1 is 1.27 bits per heavy atom. The lowest BCUT2D eigenvalue weighted by Crippen LogP contribution is -2.29. The lowest BCUT2D eigenvalue weighted by Gasteiger charge is -2.29. The van der Waals surface area contributed by atoms with Crippen LogP contribution in [0.25, 0.3) is 0 Å². The number of hydrogen-bond donors (Lipinski definition) is 0. The minimum absolute atomic E-state index is 0.189. The topological polar surface area (TPSA) is 12.5 Å². The first-order chi connectivity index (χ1) is 6.98. The van der Waals surface area contributed by atoms with Gasteiger partial charge in [0, 0.05) is 7.05 Å². The van der Waals surface area contributed by atoms with Crippen LogP contribution in [0.4, 0.5) is 5.69 Å². The SMILES string of the molecule is CN1CCOc2cc(C(C)(C)C)ccc21. The fraction of sp³-hybridized carbons (Fsp3) is 0.538. The number of nitrogens with zero attached hydrogens (tertiary/aromatic N) is 1. The van der Waals surface area contributed by atoms with Crippen molar-refractivity contribution < 1.29 is 4.74 Å². The molecule has 15 heavy (non-hydrogen) atoms. The van der Waals surface area contributed by atoms with Crippen molar-refractivity contribution >= 4 is 5.69 Å². The fourth-order valence-corrected chi connectivity index (χ4v) is 1.82. The molecular formula is C13H19NO. The standard InChI is InChI=1S/C13H19NO/c1-13(2,3)10-5-6-11-12(9-10)15-8-7-14(11)4/h5-6,9H,7-8H2,1-4H3. The molecule has 0 saturated carbocycles. The second-order valence-corrected chi connectivity index (χ2v) is 5.20. The molecule has 1 heterocycles. The van der Waals surface area contributed by atoms with Crippen LogP contribution >= 0.6 is 0 Å². The molecule has 0 fully saturated rings. The Labute approximate surface area is 91.9 Å². The lowest BCUT2D eigenvalue weighted by molar-refractivity contribution is 0.310. The van der Waals surface area contributed by atoms with E-state index in [2.05, 4.69) is 50.9 Å². The lowest BCUT2D eigenvalue weighted by atomic mass is 9.87. The summed E-state index contributed by atoms with van der Waals surface area (Å²) in [6.07, 6.45) is 0. The first kappa shape index (κ1) is 10.3. The molecule has 0 atom stereocenters. The zero-order chi connectivity index (χ0) is 11.1. The van der Waals surface area contributed by atoms with Gasteiger partial charge >= 0.3 is 0 Å². The summed E-state index contributed by atoms with van der Waals surface area (Å²) < 4.78 is 5.69. The highest BCUT2D eigenvalue weighted by atomic mass is 16.5. The molecule has 0 bridgehead atoms. The van der Waals surface area contributed by atoms with E-state index in [1.807, 2.05) is 0 Å². The molecule has 0 aromatic heterocycles. The number of ether oxygens (including phenoxy) is 1. The van der Waals surface area contributed by atoms with Gasteiger partial charge in [-0.15, -0.1) is 0 Å². The van der Waals surface area contributed by atoms with Gasteiger partial charge in [0.1, 0.15) is 12.4 Å². The van der Waals surface area contributed by atoms with Crippen LogP contribution in [-0.2, 0) is 5.41 Å². The van der Waals surface area contributed by atoms with E-state index in [1.54, 1.807) is 0 Å². The van der Waals surface area contributed by atoms with Gasteiger partial charge in [-0.2, -0.15) is 0 Å². The second-order valence-electron chi connectivity index (χ2n) is 5.20. The van der Waals surface area contributed by atoms with Gasteiger partial charge in [-0.25, -0.2) is 0 Å². The van der Waals surface area contributed by atoms with Crippen LogP contribution in [0.1, 0.15) is 26.3 Å². The molecule has 0 unspecified atom stereocenters. The summed E-state index contributed by atoms with van der Waals surface area (Å²) in [5.74, 6) is 1.02. The number of fused-ring (bicyclic) bond motifs is 1. The van der Waals surface area contributed by atoms with E-state index in [4.69, 9.17) is 4.74 Å². The molecule has 0 radical (unpaired) electrons. The van der Waals surface area contributed by atoms with Gasteiger partial charge in [-0.3, -0.25) is 0 Å². The molecule has 1 aromatic rings. The van der Waals surface area contributed by atoms with Gasteiger partial charge < -0.3 is 9.64 Å². The normalized spacial score (nSPS) is 15.9. The van der Waals surface area contributed by atoms with Crippen molar-refractivity contribution in [2.75, 3.05) is 25.1 Å². The van der Waals surface area contributed by atoms with Crippen molar-refractivity contribution in [2.45, 2.75) is 26.2 Å². The fourth-order valence-electron chi connectivity index (χ4n) is 1.82. The van der Waals surface area contributed by atoms with Crippen LogP contribution in [0.2, 0.25) is 0 Å². The highest BCUT2D eigenvalue weighted by Crippen LogP contribution is 2.35. The van der Waals surface area contributed by atoms with Crippen LogP contribution in [0.3, 0.4) is 0 Å². The Bertz CT molecular complexity index is 365. The van der Waals surface area contributed by atoms with E-state index in [-0.39, 0.29) is 5.41 Å². The molecule has 2 heteroatoms. The third-order valence-corrected chi connectivity index (χ3v) is 2.92. The number of likely N-dealkylation sites (N-methyl/N-ethyl adjacent to an activating group) is 1. The quantitative estimate of drug-likeness (QED) is 0.645. The van der Waals surface area contributed by atoms with Crippen molar-refractivity contribution in [3.05, 3.63) is 23.8 Å². The molecular weight excluding hydrogens is 186 g/mol. The Morgan fingerprint density at radius 2 is 2.00 bits per heavy atom. The zero-order valence-electron chi connectivity index (χ0n) is 10.0. The summed E-state index contributed by atoms with van der Waals surface area (Å²) in [4.78, 5) is 2.24. The Hall–Kier alpha value is -1.18. The number of hydrogen-bond acceptors (Lipinski definition) is 2. The van der Waals surface area contributed by atoms with Crippen LogP contribution < -0.4 is 9.64 Å². The maximum absolute atomic E-state index is 5.69. The van der Waals surface area contributed by atoms with Crippen LogP contribution in [0.5, 0.6) is 5.75 Å². The van der Waals surface area contributed by atoms with Crippen molar-refractivity contribution in [3.63, 3.8) is 0 Å². The molecule has 2 nitrogen and oxygen atoms in total. The van der Waals surface area contributed by atoms with E-state index < -0.39 is 0 Å². The van der Waals surface area contributed by atoms with E-state index >= 15 is 0 Å². The Balaban J connectivity index is 2.42. The van der Waals surface area contributed by atoms with E-state index in [0.717, 1.165) is 18.9 Å². The van der Waals surface area contributed by atoms with Gasteiger partial charge in [0.2, 0.25) is 0 Å². The number of benzene rings is 1. The maximum Gasteiger partial charge on any atom is 0.142 e. The highest BCUT2D eigenvalue weighted by Gasteiger charge is 2.19. The highest BCUT2D eigenvalue weighted by molar-refractivity contribution is 5.61. The van der Waals surface area contributed by atoms with E-state index in [0.29, 0.717) is 0 Å². The minimum Gasteiger partial charge on any atom is -0.490 e. The second kappa shape index (κ2) is 3.44. The van der Waals surface area contributed by atoms with Gasteiger partial charge in [0.25, 0.3) is 0 Å². The molecule has 0 amide bonds. The number of rotatable bonds is 0. The van der Waals surface area contributed by atoms with E-state index in [1.165, 1.54) is 11.3 Å². The van der Waals surface area contributed by atoms with Crippen molar-refractivity contribution in [1.82, 2.24) is 0 Å². The predicted octanol–water partition coefficient (Wildman–Crippen LogP) is 2.81. The molecule has 1 aromatic carbocycles. The average Bonchev–Trinajstić information content (AvgIpc) is 2.16. The van der Waals surface area contributed by atoms with Gasteiger partial charge in [0.05, 0.1) is 12.2 Å². The summed E-state index contributed by atoms with van der Waals surface area (Å²) in [5, 5.41) is 0. The first-order valence-electron chi connectivity index (χ1n) is 5.47. The molecule has 0 aliphatic carbocycles. The summed E-state index contributed by atoms with van der Waals surface area (Å²) in [5.41, 5.74) is 2.72. The van der Waals surface area contributed by atoms with Crippen molar-refractivity contribution in [1.29, 1.82) is 0 Å². The van der Waals surface area contributed by atoms with Crippen LogP contribution in [-0.4, -0.2) is 20.2 Å². The minimum atomic E-state index is 0.189.